The fourth-order valence-corrected chi connectivity index (χ4v) is 6.30. The first-order chi connectivity index (χ1) is 22.3. The maximum Gasteiger partial charge on any atom is 0.335 e. The minimum Gasteiger partial charge on any atom is -0.478 e. The Hall–Kier alpha value is -5.48. The van der Waals surface area contributed by atoms with Crippen molar-refractivity contribution in [3.63, 3.8) is 0 Å². The summed E-state index contributed by atoms with van der Waals surface area (Å²) >= 11 is 5.95. The normalized spacial score (nSPS) is 15.0. The number of pyridine rings is 1. The van der Waals surface area contributed by atoms with E-state index in [9.17, 15) is 23.9 Å². The van der Waals surface area contributed by atoms with Gasteiger partial charge in [-0.15, -0.1) is 5.10 Å². The minimum absolute atomic E-state index is 0.0305. The van der Waals surface area contributed by atoms with E-state index >= 15 is 0 Å². The molecule has 1 unspecified atom stereocenters. The lowest BCUT2D eigenvalue weighted by molar-refractivity contribution is -0.123. The van der Waals surface area contributed by atoms with Gasteiger partial charge in [-0.05, 0) is 64.6 Å². The monoisotopic (exact) mass is 633 g/mol. The number of halogens is 2. The lowest BCUT2D eigenvalue weighted by Gasteiger charge is -2.37. The molecule has 1 N–H and O–H groups in total. The van der Waals surface area contributed by atoms with E-state index in [0.717, 1.165) is 39.1 Å². The van der Waals surface area contributed by atoms with E-state index in [1.54, 1.807) is 18.2 Å². The lowest BCUT2D eigenvalue weighted by atomic mass is 9.83. The van der Waals surface area contributed by atoms with Crippen molar-refractivity contribution in [1.82, 2.24) is 24.9 Å². The van der Waals surface area contributed by atoms with Crippen LogP contribution in [-0.2, 0) is 24.1 Å². The SMILES string of the molecule is O=C(O)c1ccc(CC(=O)C2c3cccc(-c4cnc5c(c4)C=CC5)c3CCN2C(=O)c2cn(-c3cccc(Cl)c3F)nn2)cc1. The summed E-state index contributed by atoms with van der Waals surface area (Å²) in [5.41, 5.74) is 6.25. The fraction of sp³-hybridized carbons (Fsp3) is 0.143. The molecule has 46 heavy (non-hydrogen) atoms. The van der Waals surface area contributed by atoms with Crippen LogP contribution >= 0.6 is 11.6 Å². The molecule has 1 aliphatic heterocycles. The summed E-state index contributed by atoms with van der Waals surface area (Å²) in [6.07, 6.45) is 8.50. The second-order valence-corrected chi connectivity index (χ2v) is 11.6. The number of benzene rings is 3. The average Bonchev–Trinajstić information content (AvgIpc) is 3.75. The Labute approximate surface area is 267 Å². The molecule has 228 valence electrons. The lowest BCUT2D eigenvalue weighted by Crippen LogP contribution is -2.44. The summed E-state index contributed by atoms with van der Waals surface area (Å²) < 4.78 is 15.9. The van der Waals surface area contributed by atoms with E-state index in [1.807, 2.05) is 30.5 Å². The standard InChI is InChI=1S/C35H25ClFN5O4/c36-27-7-3-9-30(32(27)37)42-19-29(39-40-42)34(44)41-15-14-25-24(23-17-22-4-1-8-28(22)38-18-23)5-2-6-26(25)33(41)31(43)16-20-10-12-21(13-11-20)35(45)46/h1-7,9-13,17-19,33H,8,14-16H2,(H,45,46). The van der Waals surface area contributed by atoms with Crippen LogP contribution in [0.4, 0.5) is 4.39 Å². The predicted molar refractivity (Wildman–Crippen MR) is 168 cm³/mol. The van der Waals surface area contributed by atoms with Gasteiger partial charge in [-0.2, -0.15) is 0 Å². The van der Waals surface area contributed by atoms with Crippen molar-refractivity contribution in [2.45, 2.75) is 25.3 Å². The van der Waals surface area contributed by atoms with E-state index in [0.29, 0.717) is 17.5 Å². The van der Waals surface area contributed by atoms with Crippen LogP contribution in [0.3, 0.4) is 0 Å². The number of ketones is 1. The molecule has 3 heterocycles. The van der Waals surface area contributed by atoms with Crippen molar-refractivity contribution in [1.29, 1.82) is 0 Å². The molecule has 0 saturated heterocycles. The zero-order chi connectivity index (χ0) is 31.9. The number of carboxylic acids is 1. The van der Waals surface area contributed by atoms with Gasteiger partial charge in [-0.1, -0.05) is 65.4 Å². The van der Waals surface area contributed by atoms with Gasteiger partial charge in [0, 0.05) is 31.1 Å². The van der Waals surface area contributed by atoms with Gasteiger partial charge < -0.3 is 10.0 Å². The molecular weight excluding hydrogens is 609 g/mol. The van der Waals surface area contributed by atoms with Crippen LogP contribution in [0.2, 0.25) is 5.02 Å². The second kappa shape index (κ2) is 11.8. The molecule has 1 atom stereocenters. The molecule has 2 aliphatic rings. The number of rotatable bonds is 7. The molecular formula is C35H25ClFN5O4. The van der Waals surface area contributed by atoms with Gasteiger partial charge in [0.25, 0.3) is 5.91 Å². The molecule has 0 fully saturated rings. The zero-order valence-electron chi connectivity index (χ0n) is 24.2. The Bertz CT molecular complexity index is 2070. The van der Waals surface area contributed by atoms with E-state index < -0.39 is 23.7 Å². The van der Waals surface area contributed by atoms with E-state index in [1.165, 1.54) is 35.4 Å². The molecule has 7 rings (SSSR count). The Morgan fingerprint density at radius 3 is 2.65 bits per heavy atom. The molecule has 11 heteroatoms. The zero-order valence-corrected chi connectivity index (χ0v) is 25.0. The number of aromatic carboxylic acids is 1. The molecule has 1 amide bonds. The number of amides is 1. The summed E-state index contributed by atoms with van der Waals surface area (Å²) in [5.74, 6) is -2.55. The quantitative estimate of drug-likeness (QED) is 0.236. The summed E-state index contributed by atoms with van der Waals surface area (Å²) in [4.78, 5) is 45.7. The number of aromatic nitrogens is 4. The minimum atomic E-state index is -1.06. The third-order valence-corrected chi connectivity index (χ3v) is 8.67. The van der Waals surface area contributed by atoms with Gasteiger partial charge in [0.1, 0.15) is 11.7 Å². The number of hydrogen-bond donors (Lipinski definition) is 1. The number of Topliss-reactive ketones (excluding diaryl/α,β-unsaturated/α-hetero) is 1. The highest BCUT2D eigenvalue weighted by atomic mass is 35.5. The van der Waals surface area contributed by atoms with Gasteiger partial charge in [0.05, 0.1) is 22.5 Å². The van der Waals surface area contributed by atoms with Crippen molar-refractivity contribution in [2.75, 3.05) is 6.54 Å². The highest BCUT2D eigenvalue weighted by molar-refractivity contribution is 6.30. The fourth-order valence-electron chi connectivity index (χ4n) is 6.13. The first kappa shape index (κ1) is 29.2. The number of carbonyl (C=O) groups excluding carboxylic acids is 2. The van der Waals surface area contributed by atoms with Crippen LogP contribution < -0.4 is 0 Å². The highest BCUT2D eigenvalue weighted by Gasteiger charge is 2.38. The third kappa shape index (κ3) is 5.26. The van der Waals surface area contributed by atoms with Gasteiger partial charge in [0.2, 0.25) is 0 Å². The Morgan fingerprint density at radius 1 is 1.04 bits per heavy atom. The molecule has 2 aromatic heterocycles. The number of carboxylic acid groups (broad SMARTS) is 1. The smallest absolute Gasteiger partial charge is 0.335 e. The van der Waals surface area contributed by atoms with Gasteiger partial charge in [0.15, 0.2) is 17.3 Å². The van der Waals surface area contributed by atoms with Crippen LogP contribution in [-0.4, -0.2) is 54.2 Å². The summed E-state index contributed by atoms with van der Waals surface area (Å²) in [6, 6.07) is 17.4. The maximum absolute atomic E-state index is 14.7. The molecule has 3 aromatic carbocycles. The Kier molecular flexibility index (Phi) is 7.50. The molecule has 5 aromatic rings. The van der Waals surface area contributed by atoms with Crippen molar-refractivity contribution < 1.29 is 23.9 Å². The van der Waals surface area contributed by atoms with Crippen LogP contribution in [0.15, 0.2) is 85.2 Å². The van der Waals surface area contributed by atoms with Crippen LogP contribution in [0.5, 0.6) is 0 Å². The molecule has 0 saturated carbocycles. The van der Waals surface area contributed by atoms with Gasteiger partial charge in [-0.25, -0.2) is 13.9 Å². The van der Waals surface area contributed by atoms with Crippen molar-refractivity contribution in [3.8, 4) is 16.8 Å². The van der Waals surface area contributed by atoms with Crippen molar-refractivity contribution in [3.05, 3.63) is 135 Å². The van der Waals surface area contributed by atoms with Crippen molar-refractivity contribution in [2.24, 2.45) is 0 Å². The Balaban J connectivity index is 1.27. The number of fused-ring (bicyclic) bond motifs is 2. The maximum atomic E-state index is 14.7. The number of hydrogen-bond acceptors (Lipinski definition) is 6. The molecule has 1 aliphatic carbocycles. The number of nitrogens with zero attached hydrogens (tertiary/aromatic N) is 5. The summed E-state index contributed by atoms with van der Waals surface area (Å²) in [7, 11) is 0. The van der Waals surface area contributed by atoms with Crippen molar-refractivity contribution >= 4 is 35.3 Å². The highest BCUT2D eigenvalue weighted by Crippen LogP contribution is 2.38. The molecule has 9 nitrogen and oxygen atoms in total. The third-order valence-electron chi connectivity index (χ3n) is 8.38. The summed E-state index contributed by atoms with van der Waals surface area (Å²) in [5, 5.41) is 17.2. The van der Waals surface area contributed by atoms with E-state index in [4.69, 9.17) is 11.6 Å². The first-order valence-corrected chi connectivity index (χ1v) is 15.0. The van der Waals surface area contributed by atoms with Crippen LogP contribution in [0, 0.1) is 5.82 Å². The topological polar surface area (TPSA) is 118 Å². The van der Waals surface area contributed by atoms with E-state index in [2.05, 4.69) is 27.4 Å². The van der Waals surface area contributed by atoms with Crippen LogP contribution in [0.1, 0.15) is 54.8 Å². The Morgan fingerprint density at radius 2 is 1.85 bits per heavy atom. The molecule has 0 bridgehead atoms. The second-order valence-electron chi connectivity index (χ2n) is 11.2. The van der Waals surface area contributed by atoms with Gasteiger partial charge >= 0.3 is 5.97 Å². The van der Waals surface area contributed by atoms with E-state index in [-0.39, 0.29) is 40.7 Å². The molecule has 0 spiro atoms. The average molecular weight is 634 g/mol. The van der Waals surface area contributed by atoms with Gasteiger partial charge in [-0.3, -0.25) is 14.6 Å². The summed E-state index contributed by atoms with van der Waals surface area (Å²) in [6.45, 7) is 0.216. The largest absolute Gasteiger partial charge is 0.478 e. The number of carbonyl (C=O) groups is 3. The predicted octanol–water partition coefficient (Wildman–Crippen LogP) is 5.94. The molecule has 0 radical (unpaired) electrons. The number of allylic oxidation sites excluding steroid dienone is 1. The first-order valence-electron chi connectivity index (χ1n) is 14.6. The van der Waals surface area contributed by atoms with Crippen LogP contribution in [0.25, 0.3) is 22.9 Å².